The summed E-state index contributed by atoms with van der Waals surface area (Å²) in [6, 6.07) is 7.45. The zero-order chi connectivity index (χ0) is 15.2. The van der Waals surface area contributed by atoms with E-state index in [1.165, 1.54) is 23.1 Å². The number of anilines is 1. The molecule has 1 aromatic carbocycles. The Morgan fingerprint density at radius 2 is 2.19 bits per heavy atom. The van der Waals surface area contributed by atoms with Crippen molar-refractivity contribution in [3.05, 3.63) is 34.4 Å². The lowest BCUT2D eigenvalue weighted by Gasteiger charge is -2.26. The fourth-order valence-corrected chi connectivity index (χ4v) is 2.55. The molecule has 7 heteroatoms. The number of urea groups is 1. The number of carbonyl (C=O) groups excluding carboxylic acids is 1. The van der Waals surface area contributed by atoms with E-state index in [1.54, 1.807) is 6.07 Å². The number of rotatable bonds is 4. The summed E-state index contributed by atoms with van der Waals surface area (Å²) < 4.78 is 0. The minimum Gasteiger partial charge on any atom is -0.308 e. The second kappa shape index (κ2) is 6.70. The highest BCUT2D eigenvalue weighted by atomic mass is 16.6. The van der Waals surface area contributed by atoms with Gasteiger partial charge in [-0.1, -0.05) is 18.9 Å². The Bertz CT molecular complexity index is 576. The Labute approximate surface area is 122 Å². The highest BCUT2D eigenvalue weighted by molar-refractivity contribution is 5.90. The molecule has 110 valence electrons. The van der Waals surface area contributed by atoms with E-state index in [0.717, 1.165) is 25.7 Å². The van der Waals surface area contributed by atoms with Gasteiger partial charge in [0.2, 0.25) is 0 Å². The maximum absolute atomic E-state index is 12.3. The number of nitrogens with one attached hydrogen (secondary N) is 1. The molecule has 1 aliphatic rings. The molecule has 0 saturated heterocycles. The van der Waals surface area contributed by atoms with Crippen LogP contribution in [-0.4, -0.2) is 28.4 Å². The van der Waals surface area contributed by atoms with Crippen LogP contribution in [0.4, 0.5) is 16.2 Å². The van der Waals surface area contributed by atoms with Crippen LogP contribution in [0, 0.1) is 21.4 Å². The largest absolute Gasteiger partial charge is 0.322 e. The van der Waals surface area contributed by atoms with Crippen molar-refractivity contribution in [3.8, 4) is 6.07 Å². The van der Waals surface area contributed by atoms with Crippen LogP contribution in [0.2, 0.25) is 0 Å². The number of hydrogen-bond acceptors (Lipinski definition) is 4. The van der Waals surface area contributed by atoms with Crippen molar-refractivity contribution < 1.29 is 9.72 Å². The summed E-state index contributed by atoms with van der Waals surface area (Å²) in [6.45, 7) is 0.0193. The molecule has 1 aromatic rings. The number of nitro groups is 1. The van der Waals surface area contributed by atoms with Crippen molar-refractivity contribution in [1.29, 1.82) is 5.26 Å². The van der Waals surface area contributed by atoms with Gasteiger partial charge < -0.3 is 10.2 Å². The minimum atomic E-state index is -0.514. The second-order valence-electron chi connectivity index (χ2n) is 4.96. The van der Waals surface area contributed by atoms with Crippen molar-refractivity contribution in [1.82, 2.24) is 4.90 Å². The molecule has 0 atom stereocenters. The third-order valence-corrected chi connectivity index (χ3v) is 3.58. The van der Waals surface area contributed by atoms with Gasteiger partial charge in [-0.05, 0) is 18.9 Å². The van der Waals surface area contributed by atoms with Gasteiger partial charge in [-0.15, -0.1) is 0 Å². The fourth-order valence-electron chi connectivity index (χ4n) is 2.55. The van der Waals surface area contributed by atoms with Gasteiger partial charge in [0.15, 0.2) is 0 Å². The summed E-state index contributed by atoms with van der Waals surface area (Å²) in [5, 5.41) is 22.2. The summed E-state index contributed by atoms with van der Waals surface area (Å²) in [5.41, 5.74) is 0.274. The summed E-state index contributed by atoms with van der Waals surface area (Å²) in [7, 11) is 0. The van der Waals surface area contributed by atoms with Gasteiger partial charge >= 0.3 is 6.03 Å². The highest BCUT2D eigenvalue weighted by Gasteiger charge is 2.26. The summed E-state index contributed by atoms with van der Waals surface area (Å²) in [6.07, 6.45) is 3.89. The van der Waals surface area contributed by atoms with Gasteiger partial charge in [0.1, 0.15) is 6.54 Å². The summed E-state index contributed by atoms with van der Waals surface area (Å²) in [5.74, 6) is 0. The van der Waals surface area contributed by atoms with Crippen LogP contribution >= 0.6 is 0 Å². The topological polar surface area (TPSA) is 99.3 Å². The molecule has 1 aliphatic carbocycles. The monoisotopic (exact) mass is 288 g/mol. The summed E-state index contributed by atoms with van der Waals surface area (Å²) >= 11 is 0. The molecule has 0 heterocycles. The first kappa shape index (κ1) is 14.8. The standard InChI is InChI=1S/C14H16N4O3/c15-8-9-17(12-5-1-2-6-12)14(19)16-11-4-3-7-13(10-11)18(20)21/h3-4,7,10,12H,1-2,5-6,9H2,(H,16,19). The van der Waals surface area contributed by atoms with E-state index in [2.05, 4.69) is 5.32 Å². The average Bonchev–Trinajstić information content (AvgIpc) is 2.98. The van der Waals surface area contributed by atoms with E-state index in [0.29, 0.717) is 5.69 Å². The maximum atomic E-state index is 12.3. The highest BCUT2D eigenvalue weighted by Crippen LogP contribution is 2.24. The third kappa shape index (κ3) is 3.69. The van der Waals surface area contributed by atoms with Crippen LogP contribution in [0.25, 0.3) is 0 Å². The minimum absolute atomic E-state index is 0.0193. The summed E-state index contributed by atoms with van der Waals surface area (Å²) in [4.78, 5) is 24.0. The molecular formula is C14H16N4O3. The number of non-ortho nitro benzene ring substituents is 1. The van der Waals surface area contributed by atoms with Crippen LogP contribution < -0.4 is 5.32 Å². The Morgan fingerprint density at radius 3 is 2.81 bits per heavy atom. The molecule has 2 rings (SSSR count). The molecule has 2 amide bonds. The third-order valence-electron chi connectivity index (χ3n) is 3.58. The van der Waals surface area contributed by atoms with E-state index >= 15 is 0 Å². The van der Waals surface area contributed by atoms with Crippen molar-refractivity contribution >= 4 is 17.4 Å². The zero-order valence-electron chi connectivity index (χ0n) is 11.5. The quantitative estimate of drug-likeness (QED) is 0.523. The SMILES string of the molecule is N#CCN(C(=O)Nc1cccc([N+](=O)[O-])c1)C1CCCC1. The van der Waals surface area contributed by atoms with Crippen molar-refractivity contribution in [2.45, 2.75) is 31.7 Å². The van der Waals surface area contributed by atoms with Gasteiger partial charge in [-0.25, -0.2) is 4.79 Å². The molecule has 0 unspecified atom stereocenters. The molecule has 0 aromatic heterocycles. The van der Waals surface area contributed by atoms with E-state index in [4.69, 9.17) is 5.26 Å². The molecule has 1 fully saturated rings. The number of amides is 2. The molecule has 0 aliphatic heterocycles. The number of nitro benzene ring substituents is 1. The predicted molar refractivity (Wildman–Crippen MR) is 76.7 cm³/mol. The van der Waals surface area contributed by atoms with Crippen LogP contribution in [0.1, 0.15) is 25.7 Å². The zero-order valence-corrected chi connectivity index (χ0v) is 11.5. The molecule has 1 saturated carbocycles. The molecule has 0 radical (unpaired) electrons. The van der Waals surface area contributed by atoms with E-state index in [1.807, 2.05) is 6.07 Å². The normalized spacial score (nSPS) is 14.4. The Morgan fingerprint density at radius 1 is 1.48 bits per heavy atom. The van der Waals surface area contributed by atoms with E-state index in [9.17, 15) is 14.9 Å². The lowest BCUT2D eigenvalue weighted by Crippen LogP contribution is -2.41. The van der Waals surface area contributed by atoms with Crippen LogP contribution in [0.15, 0.2) is 24.3 Å². The average molecular weight is 288 g/mol. The predicted octanol–water partition coefficient (Wildman–Crippen LogP) is 2.89. The molecule has 21 heavy (non-hydrogen) atoms. The van der Waals surface area contributed by atoms with Gasteiger partial charge in [0.25, 0.3) is 5.69 Å². The first-order valence-corrected chi connectivity index (χ1v) is 6.81. The van der Waals surface area contributed by atoms with Crippen LogP contribution in [-0.2, 0) is 0 Å². The van der Waals surface area contributed by atoms with Gasteiger partial charge in [0, 0.05) is 23.9 Å². The number of carbonyl (C=O) groups is 1. The first-order valence-electron chi connectivity index (χ1n) is 6.81. The van der Waals surface area contributed by atoms with Crippen molar-refractivity contribution in [2.24, 2.45) is 0 Å². The van der Waals surface area contributed by atoms with Crippen LogP contribution in [0.5, 0.6) is 0 Å². The lowest BCUT2D eigenvalue weighted by molar-refractivity contribution is -0.384. The lowest BCUT2D eigenvalue weighted by atomic mass is 10.2. The molecule has 0 bridgehead atoms. The van der Waals surface area contributed by atoms with Crippen LogP contribution in [0.3, 0.4) is 0 Å². The van der Waals surface area contributed by atoms with E-state index < -0.39 is 4.92 Å². The fraction of sp³-hybridized carbons (Fsp3) is 0.429. The number of nitriles is 1. The smallest absolute Gasteiger partial charge is 0.308 e. The van der Waals surface area contributed by atoms with Gasteiger partial charge in [0.05, 0.1) is 11.0 Å². The molecule has 1 N–H and O–H groups in total. The molecule has 0 spiro atoms. The van der Waals surface area contributed by atoms with Gasteiger partial charge in [-0.3, -0.25) is 10.1 Å². The Hall–Kier alpha value is -2.62. The van der Waals surface area contributed by atoms with Gasteiger partial charge in [-0.2, -0.15) is 5.26 Å². The first-order chi connectivity index (χ1) is 10.1. The maximum Gasteiger partial charge on any atom is 0.322 e. The Kier molecular flexibility index (Phi) is 4.72. The number of hydrogen-bond donors (Lipinski definition) is 1. The molecular weight excluding hydrogens is 272 g/mol. The second-order valence-corrected chi connectivity index (χ2v) is 4.96. The van der Waals surface area contributed by atoms with Crippen molar-refractivity contribution in [2.75, 3.05) is 11.9 Å². The number of nitrogens with zero attached hydrogens (tertiary/aromatic N) is 3. The van der Waals surface area contributed by atoms with E-state index in [-0.39, 0.29) is 24.3 Å². The Balaban J connectivity index is 2.09. The number of benzene rings is 1. The molecule has 7 nitrogen and oxygen atoms in total. The van der Waals surface area contributed by atoms with Crippen molar-refractivity contribution in [3.63, 3.8) is 0 Å².